The summed E-state index contributed by atoms with van der Waals surface area (Å²) in [5, 5.41) is 0. The Morgan fingerprint density at radius 3 is 0.132 bits per heavy atom. The van der Waals surface area contributed by atoms with Crippen molar-refractivity contribution >= 4 is 0 Å². The zero-order chi connectivity index (χ0) is 0. The normalized spacial score (nSPS) is 0. The van der Waals surface area contributed by atoms with Gasteiger partial charge >= 0.3 is 281 Å². The van der Waals surface area contributed by atoms with Gasteiger partial charge in [-0.25, -0.2) is 0 Å². The van der Waals surface area contributed by atoms with Gasteiger partial charge < -0.3 is 208 Å². The molecule has 0 heterocycles. The minimum Gasteiger partial charge on any atom is -2.00 e. The van der Waals surface area contributed by atoms with Crippen molar-refractivity contribution in [1.29, 1.82) is 0 Å². The van der Waals surface area contributed by atoms with E-state index in [1.807, 2.05) is 0 Å². The summed E-state index contributed by atoms with van der Waals surface area (Å²) in [5.41, 5.74) is 0. The SMILES string of the molecule is O.O.O.O.O.O.O.O.O.O.[Na+].[O-2].[O-2].[O-2].[O-2].[O-2].[O-2].[O-2].[O-2].[O-2].[O-2].[O-2].[O-2].[O-2].[O-2].[O-2].[O-2].[O-2].[O-2].[O-2].[O-2].[O-2].[O-2].[O-2].[O-2].[O-2].[O-2].[OH-].[OH-].[Rb+].[Rb+].[Rb+].[Rb+].[V+4].[V].[V].[V].[V].[V].[V].[V].[V].[V]. The van der Waals surface area contributed by atoms with E-state index >= 15 is 0 Å². The van der Waals surface area contributed by atoms with Gasteiger partial charge in [-0.15, -0.1) is 0 Å². The van der Waals surface area contributed by atoms with Crippen molar-refractivity contribution < 1.29 is 656 Å². The van der Waals surface area contributed by atoms with E-state index in [0.29, 0.717) is 0 Å². The van der Waals surface area contributed by atoms with Crippen LogP contribution in [0.4, 0.5) is 0 Å². The smallest absolute Gasteiger partial charge is 2.00 e. The van der Waals surface area contributed by atoms with Crippen molar-refractivity contribution in [2.24, 2.45) is 0 Å². The second kappa shape index (κ2) is 1660. The molecule has 350 valence electrons. The van der Waals surface area contributed by atoms with Crippen molar-refractivity contribution in [3.63, 3.8) is 0 Å². The summed E-state index contributed by atoms with van der Waals surface area (Å²) in [6, 6.07) is 0. The summed E-state index contributed by atoms with van der Waals surface area (Å²) in [4.78, 5) is 0. The van der Waals surface area contributed by atoms with Crippen molar-refractivity contribution in [3.8, 4) is 0 Å². The minimum absolute atomic E-state index is 0. The van der Waals surface area contributed by atoms with E-state index < -0.39 is 0 Å². The molecule has 0 rings (SSSR count). The molecule has 0 saturated heterocycles. The molecule has 22 N–H and O–H groups in total. The van der Waals surface area contributed by atoms with Crippen LogP contribution in [-0.4, -0.2) is 65.7 Å². The number of rotatable bonds is 0. The van der Waals surface area contributed by atoms with Crippen LogP contribution >= 0.6 is 0 Å². The van der Waals surface area contributed by atoms with E-state index in [0.717, 1.165) is 0 Å². The Morgan fingerprint density at radius 2 is 0.132 bits per heavy atom. The molecule has 0 aromatic rings. The number of hydrogen-bond donors (Lipinski definition) is 0. The predicted octanol–water partition coefficient (Wildman–Crippen LogP) is -26.7. The average Bonchev–Trinajstić information content (AvgIpc) is 0. The van der Waals surface area contributed by atoms with Gasteiger partial charge in [0.05, 0.1) is 0 Å². The third kappa shape index (κ3) is 1600. The predicted molar refractivity (Wildman–Crippen MR) is 57.9 cm³/mol. The summed E-state index contributed by atoms with van der Waals surface area (Å²) in [5.74, 6) is 0. The van der Waals surface area contributed by atoms with Gasteiger partial charge in [0.1, 0.15) is 0 Å². The van der Waals surface area contributed by atoms with Gasteiger partial charge in [0.15, 0.2) is 0 Å². The molecule has 0 amide bonds. The summed E-state index contributed by atoms with van der Waals surface area (Å²) in [6.07, 6.45) is 0. The molecular weight excluding hydrogens is 1480 g/mol. The molecular formula is H22NaO38Rb4V10-45. The van der Waals surface area contributed by atoms with Gasteiger partial charge in [-0.3, -0.25) is 0 Å². The van der Waals surface area contributed by atoms with Crippen LogP contribution in [0.1, 0.15) is 0 Å². The van der Waals surface area contributed by atoms with Gasteiger partial charge in [-0.2, -0.15) is 0 Å². The van der Waals surface area contributed by atoms with E-state index in [-0.39, 0.29) is 656 Å². The van der Waals surface area contributed by atoms with E-state index in [2.05, 4.69) is 0 Å². The van der Waals surface area contributed by atoms with Crippen LogP contribution in [0.5, 0.6) is 0 Å². The van der Waals surface area contributed by atoms with Crippen LogP contribution in [0.25, 0.3) is 0 Å². The van der Waals surface area contributed by atoms with Crippen LogP contribution in [0, 0.1) is 0 Å². The third-order valence-corrected chi connectivity index (χ3v) is 0. The standard InChI is InChI=1S/Na.12H2O.26O.4Rb.10V/h;12*1H2;;;;;;;;;;;;;;;;;;;;;;;;;;;;;;;;;;;;;;;;/q+1;;;;;;;;;;;;;26*-2;4*+1;;;;;;;;;;+4/p-2. The first-order valence-corrected chi connectivity index (χ1v) is 0. The first-order chi connectivity index (χ1) is 0. The van der Waals surface area contributed by atoms with Crippen LogP contribution < -0.4 is 262 Å². The fraction of sp³-hybridized carbons (Fsp3) is 0. The van der Waals surface area contributed by atoms with Crippen molar-refractivity contribution in [3.05, 3.63) is 0 Å². The Morgan fingerprint density at radius 1 is 0.132 bits per heavy atom. The van der Waals surface area contributed by atoms with E-state index in [1.165, 1.54) is 0 Å². The first-order valence-electron chi connectivity index (χ1n) is 0. The van der Waals surface area contributed by atoms with Gasteiger partial charge in [0.25, 0.3) is 0 Å². The molecule has 0 aliphatic heterocycles. The molecule has 38 nitrogen and oxygen atoms in total. The molecule has 0 unspecified atom stereocenters. The molecule has 0 bridgehead atoms. The summed E-state index contributed by atoms with van der Waals surface area (Å²) < 4.78 is 0. The van der Waals surface area contributed by atoms with Crippen LogP contribution in [-0.2, 0) is 328 Å². The maximum atomic E-state index is 0. The Bertz CT molecular complexity index is 62.9. The summed E-state index contributed by atoms with van der Waals surface area (Å²) >= 11 is 0. The van der Waals surface area contributed by atoms with Gasteiger partial charge in [-0.1, -0.05) is 0 Å². The third-order valence-electron chi connectivity index (χ3n) is 0. The molecule has 0 fully saturated rings. The number of hydrogen-bond acceptors (Lipinski definition) is 2. The van der Waals surface area contributed by atoms with Crippen molar-refractivity contribution in [2.45, 2.75) is 0 Å². The molecule has 0 aromatic carbocycles. The zero-order valence-corrected chi connectivity index (χ0v) is 61.6. The fourth-order valence-corrected chi connectivity index (χ4v) is 0. The molecule has 53 heteroatoms. The Kier molecular flexibility index (Phi) is 54200. The second-order valence-corrected chi connectivity index (χ2v) is 0. The maximum absolute atomic E-state index is 0. The quantitative estimate of drug-likeness (QED) is 0.213. The molecule has 10 radical (unpaired) electrons. The van der Waals surface area contributed by atoms with Crippen molar-refractivity contribution in [2.75, 3.05) is 0 Å². The molecule has 0 atom stereocenters. The first kappa shape index (κ1) is 1740. The van der Waals surface area contributed by atoms with Crippen LogP contribution in [0.2, 0.25) is 0 Å². The summed E-state index contributed by atoms with van der Waals surface area (Å²) in [6.45, 7) is 0. The Balaban J connectivity index is 0. The second-order valence-electron chi connectivity index (χ2n) is 0. The zero-order valence-electron chi connectivity index (χ0n) is 26.0. The van der Waals surface area contributed by atoms with Crippen LogP contribution in [0.3, 0.4) is 0 Å². The molecule has 0 aromatic heterocycles. The molecule has 0 saturated carbocycles. The van der Waals surface area contributed by atoms with Gasteiger partial charge in [-0.05, 0) is 0 Å². The van der Waals surface area contributed by atoms with Gasteiger partial charge in [0, 0.05) is 167 Å². The van der Waals surface area contributed by atoms with E-state index in [1.54, 1.807) is 0 Å². The largest absolute Gasteiger partial charge is 4.00 e. The molecule has 0 aliphatic carbocycles. The minimum atomic E-state index is 0. The van der Waals surface area contributed by atoms with Crippen molar-refractivity contribution in [1.82, 2.24) is 0 Å². The van der Waals surface area contributed by atoms with E-state index in [4.69, 9.17) is 0 Å². The molecule has 0 spiro atoms. The Hall–Kier alpha value is 12.5. The molecule has 0 aliphatic rings. The average molecular weight is 1500 g/mol. The fourth-order valence-electron chi connectivity index (χ4n) is 0. The van der Waals surface area contributed by atoms with Crippen LogP contribution in [0.15, 0.2) is 0 Å². The van der Waals surface area contributed by atoms with E-state index in [9.17, 15) is 0 Å². The van der Waals surface area contributed by atoms with Gasteiger partial charge in [0.2, 0.25) is 0 Å². The Labute approximate surface area is 639 Å². The summed E-state index contributed by atoms with van der Waals surface area (Å²) in [7, 11) is 0. The maximum Gasteiger partial charge on any atom is 4.00 e. The molecule has 53 heavy (non-hydrogen) atoms. The topological polar surface area (TPSA) is 1120 Å². The monoisotopic (exact) mass is 1500 g/mol.